The fourth-order valence-corrected chi connectivity index (χ4v) is 4.90. The molecular weight excluding hydrogens is 392 g/mol. The van der Waals surface area contributed by atoms with Crippen LogP contribution in [0.15, 0.2) is 35.3 Å². The average Bonchev–Trinajstić information content (AvgIpc) is 3.40. The molecule has 154 valence electrons. The molecule has 1 heterocycles. The van der Waals surface area contributed by atoms with Gasteiger partial charge in [0, 0.05) is 37.3 Å². The maximum Gasteiger partial charge on any atom is 0.233 e. The quantitative estimate of drug-likeness (QED) is 0.320. The lowest BCUT2D eigenvalue weighted by atomic mass is 9.85. The number of fused-ring (bicyclic) bond motifs is 5. The Kier molecular flexibility index (Phi) is 5.50. The van der Waals surface area contributed by atoms with E-state index < -0.39 is 0 Å². The van der Waals surface area contributed by atoms with E-state index in [2.05, 4.69) is 27.8 Å². The number of carbonyl (C=O) groups excluding carboxylic acids is 2. The zero-order valence-electron chi connectivity index (χ0n) is 16.5. The van der Waals surface area contributed by atoms with Gasteiger partial charge in [0.2, 0.25) is 11.8 Å². The molecule has 1 saturated heterocycles. The molecule has 2 N–H and O–H groups in total. The molecule has 2 amide bonds. The van der Waals surface area contributed by atoms with E-state index in [-0.39, 0.29) is 35.5 Å². The standard InChI is InChI=1S/C21H25ClN4O3/c1-23-21(25-11-14-5-6-15(22)10-16(14)29-2)24-7-8-26-19(27)17-12-3-4-13(9-12)18(17)20(26)28/h3-6,10,12-13,17-18H,7-9,11H2,1-2H3,(H2,23,24,25). The lowest BCUT2D eigenvalue weighted by molar-refractivity contribution is -0.140. The van der Waals surface area contributed by atoms with Crippen molar-refractivity contribution in [2.45, 2.75) is 13.0 Å². The van der Waals surface area contributed by atoms with Crippen LogP contribution >= 0.6 is 11.6 Å². The summed E-state index contributed by atoms with van der Waals surface area (Å²) in [6.07, 6.45) is 5.16. The summed E-state index contributed by atoms with van der Waals surface area (Å²) in [4.78, 5) is 31.0. The van der Waals surface area contributed by atoms with E-state index in [1.54, 1.807) is 26.3 Å². The Morgan fingerprint density at radius 3 is 2.52 bits per heavy atom. The minimum absolute atomic E-state index is 0.0208. The number of imide groups is 1. The van der Waals surface area contributed by atoms with E-state index in [9.17, 15) is 9.59 Å². The number of rotatable bonds is 6. The Hall–Kier alpha value is -2.54. The van der Waals surface area contributed by atoms with Crippen LogP contribution in [0, 0.1) is 23.7 Å². The maximum atomic E-state index is 12.7. The minimum atomic E-state index is -0.146. The van der Waals surface area contributed by atoms with Crippen molar-refractivity contribution in [1.82, 2.24) is 15.5 Å². The number of hydrogen-bond acceptors (Lipinski definition) is 4. The summed E-state index contributed by atoms with van der Waals surface area (Å²) in [5.41, 5.74) is 0.945. The number of methoxy groups -OCH3 is 1. The highest BCUT2D eigenvalue weighted by Gasteiger charge is 2.58. The van der Waals surface area contributed by atoms with Gasteiger partial charge in [-0.15, -0.1) is 0 Å². The van der Waals surface area contributed by atoms with Crippen molar-refractivity contribution in [1.29, 1.82) is 0 Å². The van der Waals surface area contributed by atoms with Crippen molar-refractivity contribution in [2.75, 3.05) is 27.2 Å². The first-order chi connectivity index (χ1) is 14.0. The van der Waals surface area contributed by atoms with Crippen LogP contribution < -0.4 is 15.4 Å². The van der Waals surface area contributed by atoms with Gasteiger partial charge in [-0.2, -0.15) is 0 Å². The summed E-state index contributed by atoms with van der Waals surface area (Å²) in [6, 6.07) is 5.46. The average molecular weight is 417 g/mol. The van der Waals surface area contributed by atoms with Gasteiger partial charge in [0.25, 0.3) is 0 Å². The topological polar surface area (TPSA) is 83.0 Å². The third kappa shape index (κ3) is 3.59. The molecular formula is C21H25ClN4O3. The highest BCUT2D eigenvalue weighted by atomic mass is 35.5. The Labute approximate surface area is 175 Å². The molecule has 1 aliphatic heterocycles. The van der Waals surface area contributed by atoms with Crippen LogP contribution in [0.5, 0.6) is 5.75 Å². The lowest BCUT2D eigenvalue weighted by Crippen LogP contribution is -2.43. The van der Waals surface area contributed by atoms with Crippen molar-refractivity contribution >= 4 is 29.4 Å². The summed E-state index contributed by atoms with van der Waals surface area (Å²) in [7, 11) is 3.28. The summed E-state index contributed by atoms with van der Waals surface area (Å²) in [5, 5.41) is 6.99. The molecule has 1 aromatic carbocycles. The van der Waals surface area contributed by atoms with E-state index in [1.807, 2.05) is 6.07 Å². The van der Waals surface area contributed by atoms with Gasteiger partial charge in [-0.25, -0.2) is 0 Å². The van der Waals surface area contributed by atoms with Gasteiger partial charge in [-0.05, 0) is 30.4 Å². The molecule has 1 saturated carbocycles. The number of nitrogens with one attached hydrogen (secondary N) is 2. The zero-order chi connectivity index (χ0) is 20.5. The predicted molar refractivity (Wildman–Crippen MR) is 111 cm³/mol. The molecule has 2 bridgehead atoms. The van der Waals surface area contributed by atoms with Gasteiger partial charge in [-0.3, -0.25) is 19.5 Å². The number of ether oxygens (including phenoxy) is 1. The van der Waals surface area contributed by atoms with Crippen molar-refractivity contribution < 1.29 is 14.3 Å². The molecule has 29 heavy (non-hydrogen) atoms. The van der Waals surface area contributed by atoms with Crippen LogP contribution in [0.2, 0.25) is 5.02 Å². The molecule has 0 radical (unpaired) electrons. The zero-order valence-corrected chi connectivity index (χ0v) is 17.3. The van der Waals surface area contributed by atoms with Crippen LogP contribution in [0.4, 0.5) is 0 Å². The summed E-state index contributed by atoms with van der Waals surface area (Å²) in [6.45, 7) is 1.28. The molecule has 3 aliphatic rings. The molecule has 2 fully saturated rings. The molecule has 4 atom stereocenters. The first kappa shape index (κ1) is 19.8. The molecule has 0 aromatic heterocycles. The third-order valence-electron chi connectivity index (χ3n) is 6.11. The number of guanidine groups is 1. The highest BCUT2D eigenvalue weighted by molar-refractivity contribution is 6.30. The Bertz CT molecular complexity index is 855. The van der Waals surface area contributed by atoms with E-state index in [0.717, 1.165) is 12.0 Å². The van der Waals surface area contributed by atoms with Gasteiger partial charge in [0.05, 0.1) is 18.9 Å². The Morgan fingerprint density at radius 1 is 1.21 bits per heavy atom. The molecule has 7 nitrogen and oxygen atoms in total. The molecule has 8 heteroatoms. The first-order valence-corrected chi connectivity index (χ1v) is 10.2. The van der Waals surface area contributed by atoms with Crippen LogP contribution in [-0.4, -0.2) is 49.9 Å². The number of nitrogens with zero attached hydrogens (tertiary/aromatic N) is 2. The fraction of sp³-hybridized carbons (Fsp3) is 0.476. The molecule has 2 aliphatic carbocycles. The van der Waals surface area contributed by atoms with Crippen LogP contribution in [0.25, 0.3) is 0 Å². The number of carbonyl (C=O) groups is 2. The number of aliphatic imine (C=N–C) groups is 1. The van der Waals surface area contributed by atoms with E-state index in [0.29, 0.717) is 36.4 Å². The Morgan fingerprint density at radius 2 is 1.90 bits per heavy atom. The molecule has 1 aromatic rings. The Balaban J connectivity index is 1.29. The van der Waals surface area contributed by atoms with Gasteiger partial charge < -0.3 is 15.4 Å². The number of benzene rings is 1. The van der Waals surface area contributed by atoms with Crippen molar-refractivity contribution in [2.24, 2.45) is 28.7 Å². The number of likely N-dealkylation sites (tertiary alicyclic amines) is 1. The van der Waals surface area contributed by atoms with E-state index in [1.165, 1.54) is 4.90 Å². The van der Waals surface area contributed by atoms with Crippen molar-refractivity contribution in [3.8, 4) is 5.75 Å². The van der Waals surface area contributed by atoms with Crippen LogP contribution in [0.1, 0.15) is 12.0 Å². The smallest absolute Gasteiger partial charge is 0.233 e. The van der Waals surface area contributed by atoms with Gasteiger partial charge in [0.1, 0.15) is 5.75 Å². The second kappa shape index (κ2) is 8.06. The molecule has 4 rings (SSSR count). The largest absolute Gasteiger partial charge is 0.496 e. The van der Waals surface area contributed by atoms with E-state index in [4.69, 9.17) is 16.3 Å². The minimum Gasteiger partial charge on any atom is -0.496 e. The van der Waals surface area contributed by atoms with Crippen LogP contribution in [0.3, 0.4) is 0 Å². The number of amides is 2. The number of allylic oxidation sites excluding steroid dienone is 2. The second-order valence-corrected chi connectivity index (χ2v) is 8.07. The lowest BCUT2D eigenvalue weighted by Gasteiger charge is -2.19. The van der Waals surface area contributed by atoms with Gasteiger partial charge in [-0.1, -0.05) is 29.8 Å². The predicted octanol–water partition coefficient (Wildman–Crippen LogP) is 1.82. The van der Waals surface area contributed by atoms with Gasteiger partial charge >= 0.3 is 0 Å². The summed E-state index contributed by atoms with van der Waals surface area (Å²) >= 11 is 6.00. The number of halogens is 1. The van der Waals surface area contributed by atoms with Crippen molar-refractivity contribution in [3.05, 3.63) is 40.9 Å². The van der Waals surface area contributed by atoms with E-state index >= 15 is 0 Å². The molecule has 0 spiro atoms. The number of hydrogen-bond donors (Lipinski definition) is 2. The monoisotopic (exact) mass is 416 g/mol. The van der Waals surface area contributed by atoms with Gasteiger partial charge in [0.15, 0.2) is 5.96 Å². The highest BCUT2D eigenvalue weighted by Crippen LogP contribution is 2.52. The van der Waals surface area contributed by atoms with Crippen LogP contribution in [-0.2, 0) is 16.1 Å². The SMILES string of the molecule is CN=C(NCCN1C(=O)C2C3C=CC(C3)C2C1=O)NCc1ccc(Cl)cc1OC. The fourth-order valence-electron chi connectivity index (χ4n) is 4.73. The second-order valence-electron chi connectivity index (χ2n) is 7.64. The maximum absolute atomic E-state index is 12.7. The van der Waals surface area contributed by atoms with Crippen molar-refractivity contribution in [3.63, 3.8) is 0 Å². The normalized spacial score (nSPS) is 27.6. The third-order valence-corrected chi connectivity index (χ3v) is 6.34. The summed E-state index contributed by atoms with van der Waals surface area (Å²) in [5.74, 6) is 1.43. The molecule has 4 unspecified atom stereocenters. The first-order valence-electron chi connectivity index (χ1n) is 9.84. The summed E-state index contributed by atoms with van der Waals surface area (Å²) < 4.78 is 5.35.